The first-order valence-corrected chi connectivity index (χ1v) is 15.2. The number of alkyl halides is 3. The van der Waals surface area contributed by atoms with Crippen LogP contribution in [0.4, 0.5) is 47.7 Å². The Morgan fingerprint density at radius 2 is 1.82 bits per heavy atom. The van der Waals surface area contributed by atoms with Gasteiger partial charge in [0.2, 0.25) is 5.95 Å². The third kappa shape index (κ3) is 7.67. The molecule has 4 aromatic rings. The number of nitrogens with zero attached hydrogens (tertiary/aromatic N) is 3. The molecule has 11 nitrogen and oxygen atoms in total. The molecule has 1 aromatic heterocycles. The maximum atomic E-state index is 13.4. The van der Waals surface area contributed by atoms with Crippen molar-refractivity contribution in [3.8, 4) is 5.75 Å². The number of nitrogens with one attached hydrogen (secondary N) is 3. The average molecular weight is 663 g/mol. The van der Waals surface area contributed by atoms with Gasteiger partial charge in [-0.1, -0.05) is 23.7 Å². The molecule has 0 unspecified atom stereocenters. The van der Waals surface area contributed by atoms with Crippen LogP contribution in [0, 0.1) is 0 Å². The molecule has 0 saturated carbocycles. The Kier molecular flexibility index (Phi) is 8.93. The zero-order chi connectivity index (χ0) is 32.4. The molecule has 0 spiro atoms. The lowest BCUT2D eigenvalue weighted by molar-refractivity contribution is -0.192. The van der Waals surface area contributed by atoms with E-state index in [-0.39, 0.29) is 4.90 Å². The number of rotatable bonds is 3. The Balaban J connectivity index is 0.000000515. The summed E-state index contributed by atoms with van der Waals surface area (Å²) >= 11 is 6.36. The van der Waals surface area contributed by atoms with Gasteiger partial charge in [0.05, 0.1) is 29.0 Å². The van der Waals surface area contributed by atoms with Crippen LogP contribution in [0.5, 0.6) is 5.75 Å². The molecule has 0 saturated heterocycles. The maximum Gasteiger partial charge on any atom is 0.490 e. The number of sulfonamides is 1. The summed E-state index contributed by atoms with van der Waals surface area (Å²) < 4.78 is 67.1. The number of aromatic nitrogens is 2. The predicted octanol–water partition coefficient (Wildman–Crippen LogP) is 5.98. The van der Waals surface area contributed by atoms with Gasteiger partial charge in [0.1, 0.15) is 17.4 Å². The zero-order valence-electron chi connectivity index (χ0n) is 23.5. The van der Waals surface area contributed by atoms with Gasteiger partial charge in [-0.2, -0.15) is 18.2 Å². The molecule has 2 aliphatic heterocycles. The van der Waals surface area contributed by atoms with Gasteiger partial charge in [0, 0.05) is 24.5 Å². The van der Waals surface area contributed by atoms with Crippen molar-refractivity contribution < 1.29 is 36.2 Å². The topological polar surface area (TPSA) is 146 Å². The summed E-state index contributed by atoms with van der Waals surface area (Å²) in [4.78, 5) is 19.9. The summed E-state index contributed by atoms with van der Waals surface area (Å²) in [5, 5.41) is 13.9. The van der Waals surface area contributed by atoms with E-state index >= 15 is 0 Å². The minimum Gasteiger partial charge on any atom is -0.490 e. The summed E-state index contributed by atoms with van der Waals surface area (Å²) in [6.07, 6.45) is -2.25. The molecule has 6 rings (SSSR count). The van der Waals surface area contributed by atoms with Gasteiger partial charge in [-0.25, -0.2) is 18.2 Å². The summed E-state index contributed by atoms with van der Waals surface area (Å²) in [6.45, 7) is 1.26. The van der Waals surface area contributed by atoms with Gasteiger partial charge in [0.15, 0.2) is 5.82 Å². The van der Waals surface area contributed by atoms with Crippen molar-refractivity contribution in [1.29, 1.82) is 0 Å². The first-order chi connectivity index (χ1) is 21.3. The van der Waals surface area contributed by atoms with Crippen molar-refractivity contribution in [2.24, 2.45) is 0 Å². The number of carbonyl (C=O) groups is 1. The summed E-state index contributed by atoms with van der Waals surface area (Å²) in [7, 11) is -1.91. The van der Waals surface area contributed by atoms with Gasteiger partial charge in [-0.3, -0.25) is 4.72 Å². The molecule has 6 bridgehead atoms. The standard InChI is InChI=1S/C27H25ClN6O3S.C2HF3O2/c1-34-11-12-37-25-15-21(8-10-24(25)34)38(35,36)33-23-9-7-20-14-18(23)6-5-17-3-2-4-19(13-17)31-27-29-16-22(28)26(30-20)32-27;3-2(4,5)1(6)7/h2-4,7-10,13-16,33H,5-6,11-12H2,1H3,(H2,29,30,31,32);(H,6,7). The lowest BCUT2D eigenvalue weighted by Crippen LogP contribution is -2.29. The fourth-order valence-corrected chi connectivity index (χ4v) is 5.81. The highest BCUT2D eigenvalue weighted by Gasteiger charge is 2.38. The highest BCUT2D eigenvalue weighted by Crippen LogP contribution is 2.35. The van der Waals surface area contributed by atoms with Crippen molar-refractivity contribution in [2.75, 3.05) is 40.5 Å². The van der Waals surface area contributed by atoms with Gasteiger partial charge in [-0.05, 0) is 66.4 Å². The first kappa shape index (κ1) is 31.7. The van der Waals surface area contributed by atoms with E-state index in [1.165, 1.54) is 6.20 Å². The van der Waals surface area contributed by atoms with Crippen molar-refractivity contribution in [3.63, 3.8) is 0 Å². The fourth-order valence-electron chi connectivity index (χ4n) is 4.55. The van der Waals surface area contributed by atoms with Crippen LogP contribution in [0.25, 0.3) is 0 Å². The number of likely N-dealkylation sites (N-methyl/N-ethyl adjacent to an activating group) is 1. The van der Waals surface area contributed by atoms with E-state index < -0.39 is 22.2 Å². The third-order valence-electron chi connectivity index (χ3n) is 6.80. The van der Waals surface area contributed by atoms with E-state index in [1.807, 2.05) is 42.3 Å². The lowest BCUT2D eigenvalue weighted by Gasteiger charge is -2.28. The van der Waals surface area contributed by atoms with Crippen LogP contribution in [0.3, 0.4) is 0 Å². The van der Waals surface area contributed by atoms with Crippen LogP contribution in [0.2, 0.25) is 5.02 Å². The van der Waals surface area contributed by atoms with E-state index in [2.05, 4.69) is 25.3 Å². The molecule has 3 heterocycles. The Morgan fingerprint density at radius 1 is 1.07 bits per heavy atom. The van der Waals surface area contributed by atoms with Gasteiger partial charge in [0.25, 0.3) is 10.0 Å². The smallest absolute Gasteiger partial charge is 0.490 e. The molecular weight excluding hydrogens is 637 g/mol. The quantitative estimate of drug-likeness (QED) is 0.207. The number of anilines is 6. The SMILES string of the molecule is CN1CCOc2cc(S(=O)(=O)Nc3ccc4cc3CCc3cccc(c3)Nc3ncc(Cl)c(n3)N4)ccc21.O=C(O)C(F)(F)F. The molecule has 0 fully saturated rings. The number of benzene rings is 3. The van der Waals surface area contributed by atoms with E-state index in [0.717, 1.165) is 34.7 Å². The van der Waals surface area contributed by atoms with Crippen LogP contribution in [-0.2, 0) is 27.7 Å². The van der Waals surface area contributed by atoms with Gasteiger partial charge in [-0.15, -0.1) is 0 Å². The molecule has 0 radical (unpaired) electrons. The molecule has 45 heavy (non-hydrogen) atoms. The third-order valence-corrected chi connectivity index (χ3v) is 8.44. The van der Waals surface area contributed by atoms with Gasteiger partial charge >= 0.3 is 12.1 Å². The monoisotopic (exact) mass is 662 g/mol. The van der Waals surface area contributed by atoms with E-state index in [4.69, 9.17) is 26.2 Å². The molecule has 0 amide bonds. The minimum absolute atomic E-state index is 0.143. The second kappa shape index (κ2) is 12.7. The van der Waals surface area contributed by atoms with Gasteiger partial charge < -0.3 is 25.4 Å². The Labute approximate surface area is 261 Å². The summed E-state index contributed by atoms with van der Waals surface area (Å²) in [5.74, 6) is -1.34. The Morgan fingerprint density at radius 3 is 2.58 bits per heavy atom. The second-order valence-electron chi connectivity index (χ2n) is 10.0. The number of hydrogen-bond donors (Lipinski definition) is 4. The van der Waals surface area contributed by atoms with Crippen LogP contribution < -0.4 is 25.0 Å². The van der Waals surface area contributed by atoms with Crippen molar-refractivity contribution in [3.05, 3.63) is 83.0 Å². The van der Waals surface area contributed by atoms with Crippen LogP contribution in [0.15, 0.2) is 71.8 Å². The maximum absolute atomic E-state index is 13.4. The summed E-state index contributed by atoms with van der Waals surface area (Å²) in [5.41, 5.74) is 4.87. The largest absolute Gasteiger partial charge is 0.490 e. The van der Waals surface area contributed by atoms with Crippen LogP contribution in [-0.4, -0.2) is 55.8 Å². The van der Waals surface area contributed by atoms with E-state index in [0.29, 0.717) is 47.7 Å². The number of carboxylic acids is 1. The number of aliphatic carboxylic acids is 1. The molecule has 2 aliphatic rings. The van der Waals surface area contributed by atoms with Crippen LogP contribution in [0.1, 0.15) is 11.1 Å². The first-order valence-electron chi connectivity index (χ1n) is 13.4. The predicted molar refractivity (Wildman–Crippen MR) is 164 cm³/mol. The fraction of sp³-hybridized carbons (Fsp3) is 0.207. The highest BCUT2D eigenvalue weighted by molar-refractivity contribution is 7.92. The average Bonchev–Trinajstić information content (AvgIpc) is 2.99. The minimum atomic E-state index is -5.08. The van der Waals surface area contributed by atoms with Crippen LogP contribution >= 0.6 is 11.6 Å². The van der Waals surface area contributed by atoms with Crippen molar-refractivity contribution in [1.82, 2.24) is 9.97 Å². The normalized spacial score (nSPS) is 13.9. The molecular formula is C29H26ClF3N6O5S. The van der Waals surface area contributed by atoms with Crippen molar-refractivity contribution >= 4 is 62.1 Å². The summed E-state index contributed by atoms with van der Waals surface area (Å²) in [6, 6.07) is 18.4. The number of hydrogen-bond acceptors (Lipinski definition) is 9. The number of ether oxygens (including phenoxy) is 1. The van der Waals surface area contributed by atoms with Crippen molar-refractivity contribution in [2.45, 2.75) is 23.9 Å². The van der Waals surface area contributed by atoms with E-state index in [1.54, 1.807) is 30.3 Å². The number of aryl methyl sites for hydroxylation is 2. The number of fused-ring (bicyclic) bond motifs is 7. The molecule has 16 heteroatoms. The lowest BCUT2D eigenvalue weighted by atomic mass is 10.0. The zero-order valence-corrected chi connectivity index (χ0v) is 25.1. The highest BCUT2D eigenvalue weighted by atomic mass is 35.5. The molecule has 0 aliphatic carbocycles. The second-order valence-corrected chi connectivity index (χ2v) is 12.1. The number of carboxylic acid groups (broad SMARTS) is 1. The van der Waals surface area contributed by atoms with E-state index in [9.17, 15) is 21.6 Å². The Hall–Kier alpha value is -4.76. The molecule has 4 N–H and O–H groups in total. The molecule has 236 valence electrons. The molecule has 3 aromatic carbocycles. The molecule has 0 atom stereocenters. The number of halogens is 4. The Bertz CT molecular complexity index is 1860.